The van der Waals surface area contributed by atoms with Crippen LogP contribution < -0.4 is 97.4 Å². The van der Waals surface area contributed by atoms with Crippen LogP contribution in [0.5, 0.6) is 5.75 Å². The molecule has 27 N–H and O–H groups in total. The minimum Gasteiger partial charge on any atom is -0.508 e. The Hall–Kier alpha value is -12.8. The predicted molar refractivity (Wildman–Crippen MR) is 480 cm³/mol. The van der Waals surface area contributed by atoms with Crippen LogP contribution in [0.15, 0.2) is 120 Å². The second-order valence-electron chi connectivity index (χ2n) is 31.5. The van der Waals surface area contributed by atoms with E-state index in [0.29, 0.717) is 65.9 Å². The van der Waals surface area contributed by atoms with Crippen molar-refractivity contribution in [2.45, 2.75) is 242 Å². The number of hydrogen-bond acceptors (Lipinski definition) is 24. The minimum atomic E-state index is -1.88. The maximum absolute atomic E-state index is 15.0. The monoisotopic (exact) mass is 1820 g/mol. The number of carboxylic acid groups (broad SMARTS) is 2. The number of primary amides is 1. The third kappa shape index (κ3) is 42.1. The van der Waals surface area contributed by atoms with Gasteiger partial charge in [-0.1, -0.05) is 135 Å². The SMILES string of the molecule is CSCC[C@H](NC(=O)[C@@H](NC(=O)C(C)NC(=O)[C@H](Cc1ccccc1)NC(=O)[C@H](CC(N)=O)NC(=O)[C@H](Cc1ccc(O)cc1)NC(=O)[C@@H](NC(=O)[C@H](C)NC(=O)[C@H](CCCCN)NC(=O)C(CCCCN)NC(=O)[C@H](CCCCCNC(=N)N)NC(=O)C(Cc1ccccc1)NC(=O)[C@H](Cc1ccccc1)NC(=O)CO/N=C(\C)CCC(=O)O)C(C)C)[C@@H](C)O)C(=O)O. The summed E-state index contributed by atoms with van der Waals surface area (Å²) in [5.74, 6) is -16.7. The molecular formula is C87H128N20O21S. The van der Waals surface area contributed by atoms with E-state index in [2.05, 4.69) is 79.6 Å². The van der Waals surface area contributed by atoms with Crippen LogP contribution in [0.3, 0.4) is 0 Å². The summed E-state index contributed by atoms with van der Waals surface area (Å²) in [5, 5.41) is 87.2. The Morgan fingerprint density at radius 1 is 0.419 bits per heavy atom. The number of guanidine groups is 1. The molecule has 4 rings (SSSR count). The van der Waals surface area contributed by atoms with E-state index in [4.69, 9.17) is 38.3 Å². The van der Waals surface area contributed by atoms with Crippen LogP contribution in [0.4, 0.5) is 0 Å². The van der Waals surface area contributed by atoms with Crippen LogP contribution in [-0.2, 0) is 107 Å². The van der Waals surface area contributed by atoms with Crippen LogP contribution in [-0.4, -0.2) is 250 Å². The van der Waals surface area contributed by atoms with E-state index in [0.717, 1.165) is 0 Å². The van der Waals surface area contributed by atoms with Gasteiger partial charge in [-0.05, 0) is 157 Å². The number of phenols is 1. The number of carbonyl (C=O) groups excluding carboxylic acids is 14. The summed E-state index contributed by atoms with van der Waals surface area (Å²) in [6.45, 7) is 8.28. The molecule has 0 aliphatic rings. The number of nitrogens with zero attached hydrogens (tertiary/aromatic N) is 1. The average molecular weight is 1820 g/mol. The second-order valence-corrected chi connectivity index (χ2v) is 32.5. The van der Waals surface area contributed by atoms with Gasteiger partial charge < -0.3 is 123 Å². The molecule has 42 heteroatoms. The van der Waals surface area contributed by atoms with Crippen LogP contribution in [0, 0.1) is 11.3 Å². The van der Waals surface area contributed by atoms with E-state index in [1.807, 2.05) is 0 Å². The standard InChI is InChI=1S/C87H128N20O21S/c1-50(2)72(84(124)104-67(47-58-34-36-59(109)37-35-58)82(122)103-68(48-69(90)110)83(123)101-65(45-56-26-14-9-15-27-56)79(119)95-53(5)75(115)106-73(54(6)108)85(125)100-63(86(126)127)39-43-129-7)105-74(114)52(4)94-76(116)60(31-19-21-40-88)97-78(118)62(32-20-22-41-89)98-77(117)61(30-18-11-23-42-93-87(91)92)99-81(121)66(46-57-28-16-10-17-29-57)102-80(120)64(44-55-24-12-8-13-25-55)96-70(111)49-128-107-51(3)33-38-71(112)113/h8-10,12-17,24-29,34-37,50,52-54,60-68,72-73,108-109H,11,18-23,30-33,38-49,88-89H2,1-7H3,(H2,90,110)(H,94,116)(H,95,119)(H,96,111)(H,97,118)(H,98,117)(H,99,121)(H,100,125)(H,101,123)(H,102,120)(H,103,122)(H,104,124)(H,105,114)(H,106,115)(H,112,113)(H,126,127)(H4,91,92,93)/b107-51+/t52-,53?,54+,60-,61-,62?,63-,64-,65-,66?,67-,68-,72-,73-/m0/s1. The molecule has 0 bridgehead atoms. The van der Waals surface area contributed by atoms with E-state index in [1.165, 1.54) is 63.7 Å². The molecule has 0 aromatic heterocycles. The number of amides is 14. The number of aliphatic carboxylic acids is 2. The molecule has 4 aromatic rings. The van der Waals surface area contributed by atoms with Crippen LogP contribution in [0.25, 0.3) is 0 Å². The van der Waals surface area contributed by atoms with E-state index in [-0.39, 0.29) is 108 Å². The molecule has 0 saturated heterocycles. The van der Waals surface area contributed by atoms with Gasteiger partial charge in [0, 0.05) is 32.2 Å². The molecule has 708 valence electrons. The fourth-order valence-corrected chi connectivity index (χ4v) is 13.5. The molecule has 0 aliphatic heterocycles. The van der Waals surface area contributed by atoms with E-state index >= 15 is 0 Å². The first-order valence-electron chi connectivity index (χ1n) is 42.7. The number of phenolic OH excluding ortho intramolecular Hbond substituents is 1. The van der Waals surface area contributed by atoms with E-state index < -0.39 is 198 Å². The summed E-state index contributed by atoms with van der Waals surface area (Å²) in [6.07, 6.45) is 0.557. The fraction of sp³-hybridized carbons (Fsp3) is 0.517. The lowest BCUT2D eigenvalue weighted by atomic mass is 10.00. The van der Waals surface area contributed by atoms with Gasteiger partial charge in [-0.3, -0.25) is 77.3 Å². The number of carbonyl (C=O) groups is 16. The zero-order valence-corrected chi connectivity index (χ0v) is 74.6. The predicted octanol–water partition coefficient (Wildman–Crippen LogP) is -1.69. The second kappa shape index (κ2) is 58.5. The van der Waals surface area contributed by atoms with Gasteiger partial charge in [-0.2, -0.15) is 11.8 Å². The van der Waals surface area contributed by atoms with Crippen molar-refractivity contribution in [3.8, 4) is 5.75 Å². The first-order chi connectivity index (χ1) is 61.3. The molecule has 129 heavy (non-hydrogen) atoms. The van der Waals surface area contributed by atoms with E-state index in [9.17, 15) is 92.0 Å². The third-order valence-electron chi connectivity index (χ3n) is 20.2. The minimum absolute atomic E-state index is 0.0154. The number of oxime groups is 1. The number of hydrogen-bond donors (Lipinski definition) is 23. The number of thioether (sulfide) groups is 1. The molecule has 0 aliphatic carbocycles. The van der Waals surface area contributed by atoms with Crippen molar-refractivity contribution in [3.05, 3.63) is 138 Å². The molecule has 0 heterocycles. The van der Waals surface area contributed by atoms with Gasteiger partial charge in [0.25, 0.3) is 5.91 Å². The maximum Gasteiger partial charge on any atom is 0.326 e. The van der Waals surface area contributed by atoms with Crippen molar-refractivity contribution in [2.24, 2.45) is 34.0 Å². The molecule has 0 spiro atoms. The summed E-state index contributed by atoms with van der Waals surface area (Å²) in [5.41, 5.74) is 25.3. The van der Waals surface area contributed by atoms with Gasteiger partial charge in [-0.15, -0.1) is 0 Å². The lowest BCUT2D eigenvalue weighted by Crippen LogP contribution is -2.62. The van der Waals surface area contributed by atoms with Gasteiger partial charge in [0.2, 0.25) is 76.8 Å². The normalized spacial score (nSPS) is 14.5. The van der Waals surface area contributed by atoms with Crippen LogP contribution >= 0.6 is 11.8 Å². The largest absolute Gasteiger partial charge is 0.508 e. The molecule has 4 aromatic carbocycles. The Balaban J connectivity index is 1.62. The molecule has 0 saturated carbocycles. The molecule has 0 fully saturated rings. The highest BCUT2D eigenvalue weighted by Crippen LogP contribution is 2.17. The Bertz CT molecular complexity index is 4370. The van der Waals surface area contributed by atoms with Gasteiger partial charge >= 0.3 is 11.9 Å². The van der Waals surface area contributed by atoms with Crippen molar-refractivity contribution in [2.75, 3.05) is 38.2 Å². The lowest BCUT2D eigenvalue weighted by molar-refractivity contribution is -0.143. The molecule has 3 unspecified atom stereocenters. The summed E-state index contributed by atoms with van der Waals surface area (Å²) in [7, 11) is 0. The highest BCUT2D eigenvalue weighted by molar-refractivity contribution is 7.98. The number of benzene rings is 4. The van der Waals surface area contributed by atoms with Crippen molar-refractivity contribution in [1.82, 2.24) is 74.4 Å². The number of nitrogens with one attached hydrogen (secondary N) is 15. The third-order valence-corrected chi connectivity index (χ3v) is 20.9. The highest BCUT2D eigenvalue weighted by atomic mass is 32.2. The number of nitrogens with two attached hydrogens (primary N) is 4. The summed E-state index contributed by atoms with van der Waals surface area (Å²) < 4.78 is 0. The molecule has 41 nitrogen and oxygen atoms in total. The van der Waals surface area contributed by atoms with Crippen molar-refractivity contribution in [3.63, 3.8) is 0 Å². The molecule has 14 amide bonds. The van der Waals surface area contributed by atoms with Gasteiger partial charge in [0.1, 0.15) is 84.3 Å². The van der Waals surface area contributed by atoms with Gasteiger partial charge in [0.05, 0.1) is 24.7 Å². The number of aliphatic hydroxyl groups is 1. The zero-order chi connectivity index (χ0) is 95.7. The quantitative estimate of drug-likeness (QED) is 0.0102. The Morgan fingerprint density at radius 2 is 0.783 bits per heavy atom. The lowest BCUT2D eigenvalue weighted by Gasteiger charge is -2.29. The highest BCUT2D eigenvalue weighted by Gasteiger charge is 2.39. The Kier molecular flexibility index (Phi) is 49.2. The molecular weight excluding hydrogens is 1690 g/mol. The first-order valence-corrected chi connectivity index (χ1v) is 44.1. The molecule has 0 radical (unpaired) electrons. The Morgan fingerprint density at radius 3 is 1.19 bits per heavy atom. The molecule has 14 atom stereocenters. The number of aliphatic hydroxyl groups excluding tert-OH is 1. The number of rotatable bonds is 61. The van der Waals surface area contributed by atoms with Crippen LogP contribution in [0.1, 0.15) is 154 Å². The smallest absolute Gasteiger partial charge is 0.326 e. The maximum atomic E-state index is 15.0. The number of aromatic hydroxyl groups is 1. The summed E-state index contributed by atoms with van der Waals surface area (Å²) in [6, 6.07) is 11.1. The number of carboxylic acids is 2. The summed E-state index contributed by atoms with van der Waals surface area (Å²) >= 11 is 1.32. The van der Waals surface area contributed by atoms with Gasteiger partial charge in [0.15, 0.2) is 12.6 Å². The van der Waals surface area contributed by atoms with Gasteiger partial charge in [-0.25, -0.2) is 4.79 Å². The summed E-state index contributed by atoms with van der Waals surface area (Å²) in [4.78, 5) is 228. The van der Waals surface area contributed by atoms with Crippen molar-refractivity contribution < 1.29 is 102 Å². The van der Waals surface area contributed by atoms with E-state index in [1.54, 1.807) is 111 Å². The zero-order valence-electron chi connectivity index (χ0n) is 73.8. The number of unbranched alkanes of at least 4 members (excludes halogenated alkanes) is 4. The average Bonchev–Trinajstić information content (AvgIpc) is 0.844. The Labute approximate surface area is 753 Å². The van der Waals surface area contributed by atoms with Crippen molar-refractivity contribution in [1.29, 1.82) is 5.41 Å². The first kappa shape index (κ1) is 109. The topological polar surface area (TPSA) is 672 Å². The van der Waals surface area contributed by atoms with Crippen LogP contribution in [0.2, 0.25) is 0 Å². The van der Waals surface area contributed by atoms with Crippen molar-refractivity contribution >= 4 is 118 Å². The fourth-order valence-electron chi connectivity index (χ4n) is 13.0.